The molecule has 0 aliphatic carbocycles. The highest BCUT2D eigenvalue weighted by atomic mass is 19.4. The number of alkyl halides is 3. The Balaban J connectivity index is 2.50. The predicted octanol–water partition coefficient (Wildman–Crippen LogP) is 3.51. The molecule has 0 bridgehead atoms. The van der Waals surface area contributed by atoms with Crippen molar-refractivity contribution in [2.24, 2.45) is 5.73 Å². The molecule has 186 valence electrons. The van der Waals surface area contributed by atoms with Gasteiger partial charge in [-0.1, -0.05) is 30.3 Å². The summed E-state index contributed by atoms with van der Waals surface area (Å²) in [6.07, 6.45) is -5.16. The molecule has 3 rings (SSSR count). The zero-order chi connectivity index (χ0) is 26.8. The minimum atomic E-state index is -5.16. The Morgan fingerprint density at radius 1 is 1.11 bits per heavy atom. The Bertz CT molecular complexity index is 1350. The molecule has 1 unspecified atom stereocenters. The molecule has 1 aliphatic heterocycles. The quantitative estimate of drug-likeness (QED) is 0.368. The molecule has 36 heavy (non-hydrogen) atoms. The number of hydrogen-bond donors (Lipinski definition) is 1. The van der Waals surface area contributed by atoms with E-state index in [1.165, 1.54) is 12.1 Å². The molecule has 1 atom stereocenters. The second-order valence-corrected chi connectivity index (χ2v) is 7.29. The third-order valence-electron chi connectivity index (χ3n) is 5.35. The number of nitrogens with zero attached hydrogens (tertiary/aromatic N) is 3. The molecule has 0 radical (unpaired) electrons. The Kier molecular flexibility index (Phi) is 7.00. The number of methoxy groups -OCH3 is 2. The first-order valence-electron chi connectivity index (χ1n) is 9.99. The molecule has 10 nitrogen and oxygen atoms in total. The third kappa shape index (κ3) is 4.43. The number of non-ortho nitro benzene ring substituents is 1. The normalized spacial score (nSPS) is 15.9. The number of nitro groups is 1. The van der Waals surface area contributed by atoms with Crippen LogP contribution >= 0.6 is 0 Å². The lowest BCUT2D eigenvalue weighted by atomic mass is 9.80. The molecular weight excluding hydrogens is 485 g/mol. The molecule has 0 fully saturated rings. The monoisotopic (exact) mass is 502 g/mol. The summed E-state index contributed by atoms with van der Waals surface area (Å²) in [5.74, 6) is -4.30. The van der Waals surface area contributed by atoms with E-state index < -0.39 is 63.0 Å². The summed E-state index contributed by atoms with van der Waals surface area (Å²) < 4.78 is 51.7. The van der Waals surface area contributed by atoms with Gasteiger partial charge in [0.05, 0.1) is 53.5 Å². The Hall–Kier alpha value is -4.86. The van der Waals surface area contributed by atoms with Gasteiger partial charge < -0.3 is 15.2 Å². The van der Waals surface area contributed by atoms with Crippen molar-refractivity contribution in [3.63, 3.8) is 0 Å². The van der Waals surface area contributed by atoms with Crippen molar-refractivity contribution in [2.75, 3.05) is 19.1 Å². The lowest BCUT2D eigenvalue weighted by Crippen LogP contribution is -2.41. The van der Waals surface area contributed by atoms with Crippen molar-refractivity contribution in [3.8, 4) is 6.07 Å². The Labute approximate surface area is 201 Å². The summed E-state index contributed by atoms with van der Waals surface area (Å²) in [6, 6.07) is 11.4. The number of esters is 2. The number of ether oxygens (including phenoxy) is 2. The minimum absolute atomic E-state index is 0.255. The molecule has 2 N–H and O–H groups in total. The number of carbonyl (C=O) groups is 2. The van der Waals surface area contributed by atoms with Crippen LogP contribution in [0, 0.1) is 21.4 Å². The van der Waals surface area contributed by atoms with Crippen LogP contribution in [0.5, 0.6) is 0 Å². The van der Waals surface area contributed by atoms with Crippen LogP contribution in [0.3, 0.4) is 0 Å². The SMILES string of the molecule is COC(=O)C1=C(C(=O)OC)N(c2ccc([N+](=O)[O-])cc2C(F)(F)F)C(N)=C(C#N)C1c1ccccc1. The number of nitrogens with two attached hydrogens (primary N) is 1. The third-order valence-corrected chi connectivity index (χ3v) is 5.35. The molecule has 1 aliphatic rings. The minimum Gasteiger partial charge on any atom is -0.466 e. The van der Waals surface area contributed by atoms with E-state index >= 15 is 0 Å². The molecular formula is C23H17F3N4O6. The largest absolute Gasteiger partial charge is 0.466 e. The fraction of sp³-hybridized carbons (Fsp3) is 0.174. The van der Waals surface area contributed by atoms with Gasteiger partial charge in [0.25, 0.3) is 5.69 Å². The first kappa shape index (κ1) is 25.8. The average Bonchev–Trinajstić information content (AvgIpc) is 2.86. The highest BCUT2D eigenvalue weighted by molar-refractivity contribution is 6.06. The van der Waals surface area contributed by atoms with Crippen LogP contribution in [-0.2, 0) is 25.2 Å². The number of nitro benzene ring substituents is 1. The van der Waals surface area contributed by atoms with Crippen molar-refractivity contribution in [3.05, 3.63) is 92.4 Å². The molecule has 13 heteroatoms. The number of halogens is 3. The maximum atomic E-state index is 14.0. The van der Waals surface area contributed by atoms with Crippen LogP contribution in [0.15, 0.2) is 71.2 Å². The second-order valence-electron chi connectivity index (χ2n) is 7.29. The van der Waals surface area contributed by atoms with Crippen LogP contribution < -0.4 is 10.6 Å². The molecule has 0 spiro atoms. The average molecular weight is 502 g/mol. The zero-order valence-corrected chi connectivity index (χ0v) is 18.7. The van der Waals surface area contributed by atoms with Gasteiger partial charge in [0.15, 0.2) is 0 Å². The van der Waals surface area contributed by atoms with E-state index in [2.05, 4.69) is 0 Å². The van der Waals surface area contributed by atoms with Gasteiger partial charge >= 0.3 is 18.1 Å². The molecule has 2 aromatic carbocycles. The van der Waals surface area contributed by atoms with Crippen LogP contribution in [0.25, 0.3) is 0 Å². The van der Waals surface area contributed by atoms with Crippen molar-refractivity contribution in [1.29, 1.82) is 5.26 Å². The van der Waals surface area contributed by atoms with Crippen molar-refractivity contribution in [1.82, 2.24) is 0 Å². The summed E-state index contributed by atoms with van der Waals surface area (Å²) >= 11 is 0. The molecule has 0 saturated carbocycles. The number of anilines is 1. The standard InChI is InChI=1S/C23H17F3N4O6/c1-35-21(31)18-17(12-6-4-3-5-7-12)14(11-27)20(28)29(19(18)22(32)36-2)16-9-8-13(30(33)34)10-15(16)23(24,25)26/h3-10,17H,28H2,1-2H3. The number of nitriles is 1. The lowest BCUT2D eigenvalue weighted by Gasteiger charge is -2.36. The van der Waals surface area contributed by atoms with Gasteiger partial charge in [-0.05, 0) is 11.6 Å². The van der Waals surface area contributed by atoms with E-state index in [4.69, 9.17) is 15.2 Å². The first-order valence-corrected chi connectivity index (χ1v) is 9.99. The molecule has 2 aromatic rings. The van der Waals surface area contributed by atoms with E-state index in [-0.39, 0.29) is 11.6 Å². The number of hydrogen-bond acceptors (Lipinski definition) is 9. The highest BCUT2D eigenvalue weighted by Crippen LogP contribution is 2.47. The summed E-state index contributed by atoms with van der Waals surface area (Å²) in [5, 5.41) is 21.1. The topological polar surface area (TPSA) is 149 Å². The summed E-state index contributed by atoms with van der Waals surface area (Å²) in [5.41, 5.74) is 1.62. The van der Waals surface area contributed by atoms with Crippen molar-refractivity contribution in [2.45, 2.75) is 12.1 Å². The van der Waals surface area contributed by atoms with E-state index in [0.29, 0.717) is 16.5 Å². The van der Waals surface area contributed by atoms with Gasteiger partial charge in [-0.25, -0.2) is 9.59 Å². The van der Waals surface area contributed by atoms with Crippen molar-refractivity contribution < 1.29 is 37.2 Å². The molecule has 0 saturated heterocycles. The highest BCUT2D eigenvalue weighted by Gasteiger charge is 2.46. The Morgan fingerprint density at radius 3 is 2.22 bits per heavy atom. The van der Waals surface area contributed by atoms with Crippen molar-refractivity contribution >= 4 is 23.3 Å². The number of allylic oxidation sites excluding steroid dienone is 1. The number of benzene rings is 2. The van der Waals surface area contributed by atoms with Crippen LogP contribution in [-0.4, -0.2) is 31.1 Å². The maximum absolute atomic E-state index is 14.0. The van der Waals surface area contributed by atoms with Gasteiger partial charge in [0.1, 0.15) is 11.5 Å². The fourth-order valence-electron chi connectivity index (χ4n) is 3.82. The summed E-state index contributed by atoms with van der Waals surface area (Å²) in [4.78, 5) is 36.5. The zero-order valence-electron chi connectivity index (χ0n) is 18.7. The number of rotatable bonds is 5. The van der Waals surface area contributed by atoms with Crippen LogP contribution in [0.1, 0.15) is 17.0 Å². The van der Waals surface area contributed by atoms with E-state index in [9.17, 15) is 38.1 Å². The second kappa shape index (κ2) is 9.79. The number of carbonyl (C=O) groups excluding carboxylic acids is 2. The smallest absolute Gasteiger partial charge is 0.418 e. The lowest BCUT2D eigenvalue weighted by molar-refractivity contribution is -0.385. The van der Waals surface area contributed by atoms with Crippen LogP contribution in [0.4, 0.5) is 24.5 Å². The summed E-state index contributed by atoms with van der Waals surface area (Å²) in [7, 11) is 1.91. The summed E-state index contributed by atoms with van der Waals surface area (Å²) in [6.45, 7) is 0. The molecule has 0 amide bonds. The maximum Gasteiger partial charge on any atom is 0.418 e. The molecule has 0 aromatic heterocycles. The fourth-order valence-corrected chi connectivity index (χ4v) is 3.82. The van der Waals surface area contributed by atoms with Crippen LogP contribution in [0.2, 0.25) is 0 Å². The van der Waals surface area contributed by atoms with Gasteiger partial charge in [-0.15, -0.1) is 0 Å². The predicted molar refractivity (Wildman–Crippen MR) is 118 cm³/mol. The van der Waals surface area contributed by atoms with Gasteiger partial charge in [0.2, 0.25) is 0 Å². The van der Waals surface area contributed by atoms with Gasteiger partial charge in [-0.2, -0.15) is 18.4 Å². The van der Waals surface area contributed by atoms with Gasteiger partial charge in [0, 0.05) is 12.1 Å². The molecule has 1 heterocycles. The van der Waals surface area contributed by atoms with E-state index in [0.717, 1.165) is 20.3 Å². The van der Waals surface area contributed by atoms with Gasteiger partial charge in [-0.3, -0.25) is 15.0 Å². The van der Waals surface area contributed by atoms with E-state index in [1.54, 1.807) is 24.3 Å². The first-order chi connectivity index (χ1) is 17.0. The Morgan fingerprint density at radius 2 is 1.72 bits per heavy atom. The van der Waals surface area contributed by atoms with E-state index in [1.807, 2.05) is 0 Å².